The Morgan fingerprint density at radius 1 is 0.964 bits per heavy atom. The zero-order valence-corrected chi connectivity index (χ0v) is 16.2. The number of hydrogen-bond acceptors (Lipinski definition) is 3. The van der Waals surface area contributed by atoms with E-state index < -0.39 is 23.6 Å². The fraction of sp³-hybridized carbons (Fsp3) is 0.318. The molecule has 2 N–H and O–H groups in total. The molecule has 1 aliphatic heterocycles. The monoisotopic (exact) mass is 380 g/mol. The first kappa shape index (κ1) is 19.6. The van der Waals surface area contributed by atoms with Crippen molar-refractivity contribution >= 4 is 17.9 Å². The molecule has 2 atom stereocenters. The first-order chi connectivity index (χ1) is 13.2. The molecule has 0 saturated heterocycles. The smallest absolute Gasteiger partial charge is 0.404 e. The van der Waals surface area contributed by atoms with Crippen molar-refractivity contribution < 1.29 is 19.5 Å². The first-order valence-corrected chi connectivity index (χ1v) is 9.21. The summed E-state index contributed by atoms with van der Waals surface area (Å²) in [6, 6.07) is 15.0. The number of amides is 3. The van der Waals surface area contributed by atoms with Gasteiger partial charge in [-0.25, -0.2) is 4.79 Å². The fourth-order valence-electron chi connectivity index (χ4n) is 3.56. The zero-order chi connectivity index (χ0) is 20.5. The van der Waals surface area contributed by atoms with Gasteiger partial charge in [0.25, 0.3) is 11.8 Å². The number of rotatable bonds is 5. The Balaban J connectivity index is 2.03. The highest BCUT2D eigenvalue weighted by Crippen LogP contribution is 2.37. The van der Waals surface area contributed by atoms with Gasteiger partial charge in [0.15, 0.2) is 0 Å². The van der Waals surface area contributed by atoms with Crippen molar-refractivity contribution in [2.24, 2.45) is 5.41 Å². The number of carboxylic acid groups (broad SMARTS) is 1. The van der Waals surface area contributed by atoms with Gasteiger partial charge < -0.3 is 10.4 Å². The lowest BCUT2D eigenvalue weighted by Gasteiger charge is -2.36. The number of carbonyl (C=O) groups is 3. The molecule has 0 saturated carbocycles. The van der Waals surface area contributed by atoms with Gasteiger partial charge in [0.1, 0.15) is 0 Å². The van der Waals surface area contributed by atoms with Gasteiger partial charge in [0, 0.05) is 6.04 Å². The van der Waals surface area contributed by atoms with E-state index in [0.717, 1.165) is 5.56 Å². The van der Waals surface area contributed by atoms with E-state index in [9.17, 15) is 19.5 Å². The molecule has 0 aromatic heterocycles. The summed E-state index contributed by atoms with van der Waals surface area (Å²) < 4.78 is 0. The quantitative estimate of drug-likeness (QED) is 0.765. The molecule has 2 unspecified atom stereocenters. The number of carbonyl (C=O) groups excluding carboxylic acids is 2. The Bertz CT molecular complexity index is 867. The summed E-state index contributed by atoms with van der Waals surface area (Å²) in [5, 5.41) is 11.8. The fourth-order valence-corrected chi connectivity index (χ4v) is 3.56. The molecule has 146 valence electrons. The van der Waals surface area contributed by atoms with Crippen LogP contribution in [0.3, 0.4) is 0 Å². The Kier molecular flexibility index (Phi) is 5.23. The van der Waals surface area contributed by atoms with E-state index in [1.165, 1.54) is 4.90 Å². The largest absolute Gasteiger partial charge is 0.465 e. The third-order valence-electron chi connectivity index (χ3n) is 5.12. The van der Waals surface area contributed by atoms with Gasteiger partial charge in [-0.05, 0) is 29.5 Å². The Hall–Kier alpha value is -3.15. The van der Waals surface area contributed by atoms with Gasteiger partial charge in [-0.3, -0.25) is 14.5 Å². The maximum Gasteiger partial charge on any atom is 0.404 e. The van der Waals surface area contributed by atoms with Gasteiger partial charge in [0.2, 0.25) is 0 Å². The van der Waals surface area contributed by atoms with E-state index in [-0.39, 0.29) is 18.2 Å². The molecule has 2 aromatic rings. The molecule has 0 bridgehead atoms. The number of nitrogens with zero attached hydrogens (tertiary/aromatic N) is 1. The lowest BCUT2D eigenvalue weighted by atomic mass is 9.81. The van der Waals surface area contributed by atoms with Crippen LogP contribution < -0.4 is 5.32 Å². The molecule has 6 heteroatoms. The maximum absolute atomic E-state index is 13.0. The van der Waals surface area contributed by atoms with Crippen LogP contribution in [0.4, 0.5) is 4.79 Å². The average molecular weight is 380 g/mol. The molecule has 1 heterocycles. The van der Waals surface area contributed by atoms with Gasteiger partial charge in [-0.15, -0.1) is 0 Å². The Labute approximate surface area is 164 Å². The highest BCUT2D eigenvalue weighted by Gasteiger charge is 2.42. The van der Waals surface area contributed by atoms with E-state index in [0.29, 0.717) is 11.1 Å². The molecule has 3 amide bonds. The van der Waals surface area contributed by atoms with E-state index in [1.807, 2.05) is 51.1 Å². The molecule has 2 aromatic carbocycles. The summed E-state index contributed by atoms with van der Waals surface area (Å²) in [6.45, 7) is 5.79. The number of fused-ring (bicyclic) bond motifs is 1. The van der Waals surface area contributed by atoms with Crippen LogP contribution in [0.15, 0.2) is 54.6 Å². The molecular formula is C22H24N2O4. The van der Waals surface area contributed by atoms with Crippen LogP contribution in [0.25, 0.3) is 0 Å². The predicted molar refractivity (Wildman–Crippen MR) is 105 cm³/mol. The summed E-state index contributed by atoms with van der Waals surface area (Å²) in [5.41, 5.74) is 1.15. The van der Waals surface area contributed by atoms with Crippen molar-refractivity contribution in [2.75, 3.05) is 0 Å². The molecule has 0 spiro atoms. The van der Waals surface area contributed by atoms with Crippen LogP contribution >= 0.6 is 0 Å². The SMILES string of the molecule is CC(C)(C)C(CC(c1ccccc1)N1C(=O)c2ccccc2C1=O)NC(=O)O. The van der Waals surface area contributed by atoms with Crippen LogP contribution in [0.5, 0.6) is 0 Å². The van der Waals surface area contributed by atoms with Crippen molar-refractivity contribution in [3.05, 3.63) is 71.3 Å². The highest BCUT2D eigenvalue weighted by molar-refractivity contribution is 6.21. The van der Waals surface area contributed by atoms with Gasteiger partial charge in [-0.2, -0.15) is 0 Å². The Morgan fingerprint density at radius 3 is 1.93 bits per heavy atom. The second kappa shape index (κ2) is 7.46. The molecule has 0 fully saturated rings. The molecule has 3 rings (SSSR count). The molecule has 0 aliphatic carbocycles. The van der Waals surface area contributed by atoms with Crippen molar-refractivity contribution in [1.82, 2.24) is 10.2 Å². The third-order valence-corrected chi connectivity index (χ3v) is 5.12. The molecular weight excluding hydrogens is 356 g/mol. The number of benzene rings is 2. The standard InChI is InChI=1S/C22H24N2O4/c1-22(2,3)18(23-21(27)28)13-17(14-9-5-4-6-10-14)24-19(25)15-11-7-8-12-16(15)20(24)26/h4-12,17-18,23H,13H2,1-3H3,(H,27,28). The minimum Gasteiger partial charge on any atom is -0.465 e. The molecule has 28 heavy (non-hydrogen) atoms. The second-order valence-electron chi connectivity index (χ2n) is 8.06. The van der Waals surface area contributed by atoms with E-state index in [4.69, 9.17) is 0 Å². The van der Waals surface area contributed by atoms with Crippen molar-refractivity contribution in [3.63, 3.8) is 0 Å². The highest BCUT2D eigenvalue weighted by atomic mass is 16.4. The van der Waals surface area contributed by atoms with E-state index in [1.54, 1.807) is 24.3 Å². The normalized spacial score (nSPS) is 15.9. The Morgan fingerprint density at radius 2 is 1.46 bits per heavy atom. The lowest BCUT2D eigenvalue weighted by molar-refractivity contribution is 0.0547. The van der Waals surface area contributed by atoms with Crippen LogP contribution in [0, 0.1) is 5.41 Å². The molecule has 0 radical (unpaired) electrons. The zero-order valence-electron chi connectivity index (χ0n) is 16.2. The van der Waals surface area contributed by atoms with Gasteiger partial charge in [-0.1, -0.05) is 63.2 Å². The van der Waals surface area contributed by atoms with Crippen LogP contribution in [-0.4, -0.2) is 34.0 Å². The van der Waals surface area contributed by atoms with Crippen molar-refractivity contribution in [1.29, 1.82) is 0 Å². The van der Waals surface area contributed by atoms with E-state index >= 15 is 0 Å². The summed E-state index contributed by atoms with van der Waals surface area (Å²) in [5.74, 6) is -0.699. The van der Waals surface area contributed by atoms with Crippen molar-refractivity contribution in [3.8, 4) is 0 Å². The van der Waals surface area contributed by atoms with Crippen LogP contribution in [0.1, 0.15) is 59.5 Å². The summed E-state index contributed by atoms with van der Waals surface area (Å²) >= 11 is 0. The summed E-state index contributed by atoms with van der Waals surface area (Å²) in [6.07, 6.45) is -0.847. The lowest BCUT2D eigenvalue weighted by Crippen LogP contribution is -2.46. The first-order valence-electron chi connectivity index (χ1n) is 9.21. The molecule has 1 aliphatic rings. The summed E-state index contributed by atoms with van der Waals surface area (Å²) in [4.78, 5) is 38.7. The second-order valence-corrected chi connectivity index (χ2v) is 8.06. The van der Waals surface area contributed by atoms with Gasteiger partial charge in [0.05, 0.1) is 17.2 Å². The maximum atomic E-state index is 13.0. The minimum atomic E-state index is -1.13. The topological polar surface area (TPSA) is 86.7 Å². The number of nitrogens with one attached hydrogen (secondary N) is 1. The van der Waals surface area contributed by atoms with Crippen LogP contribution in [0.2, 0.25) is 0 Å². The average Bonchev–Trinajstić information content (AvgIpc) is 2.90. The van der Waals surface area contributed by atoms with Crippen LogP contribution in [-0.2, 0) is 0 Å². The third kappa shape index (κ3) is 3.76. The minimum absolute atomic E-state index is 0.283. The number of hydrogen-bond donors (Lipinski definition) is 2. The van der Waals surface area contributed by atoms with Gasteiger partial charge >= 0.3 is 6.09 Å². The number of imide groups is 1. The van der Waals surface area contributed by atoms with E-state index in [2.05, 4.69) is 5.32 Å². The summed E-state index contributed by atoms with van der Waals surface area (Å²) in [7, 11) is 0. The predicted octanol–water partition coefficient (Wildman–Crippen LogP) is 4.10. The molecule has 6 nitrogen and oxygen atoms in total. The van der Waals surface area contributed by atoms with Crippen molar-refractivity contribution in [2.45, 2.75) is 39.3 Å².